The van der Waals surface area contributed by atoms with Crippen molar-refractivity contribution in [3.05, 3.63) is 24.3 Å². The topological polar surface area (TPSA) is 83.6 Å². The maximum absolute atomic E-state index is 11.2. The van der Waals surface area contributed by atoms with Crippen molar-refractivity contribution in [3.8, 4) is 0 Å². The molecule has 1 heterocycles. The molecule has 0 aliphatic carbocycles. The second-order valence-corrected chi connectivity index (χ2v) is 5.89. The van der Waals surface area contributed by atoms with E-state index in [0.717, 1.165) is 25.2 Å². The number of aliphatic hydroxyl groups excluding tert-OH is 1. The lowest BCUT2D eigenvalue weighted by molar-refractivity contribution is 0.238. The van der Waals surface area contributed by atoms with Crippen LogP contribution < -0.4 is 10.0 Å². The van der Waals surface area contributed by atoms with Gasteiger partial charge in [-0.2, -0.15) is 0 Å². The number of rotatable bonds is 3. The number of nitrogens with zero attached hydrogens (tertiary/aromatic N) is 1. The monoisotopic (exact) mass is 256 g/mol. The highest BCUT2D eigenvalue weighted by Gasteiger charge is 2.22. The summed E-state index contributed by atoms with van der Waals surface area (Å²) in [6.45, 7) is 1.76. The summed E-state index contributed by atoms with van der Waals surface area (Å²) >= 11 is 0. The molecule has 94 valence electrons. The number of hydrogen-bond acceptors (Lipinski definition) is 4. The molecule has 17 heavy (non-hydrogen) atoms. The average Bonchev–Trinajstić information content (AvgIpc) is 2.76. The molecule has 6 heteroatoms. The molecule has 5 nitrogen and oxygen atoms in total. The zero-order chi connectivity index (χ0) is 12.5. The predicted octanol–water partition coefficient (Wildman–Crippen LogP) is 0.153. The molecule has 1 aromatic rings. The Balaban J connectivity index is 2.23. The van der Waals surface area contributed by atoms with Crippen molar-refractivity contribution in [1.29, 1.82) is 0 Å². The van der Waals surface area contributed by atoms with E-state index >= 15 is 0 Å². The molecule has 2 rings (SSSR count). The van der Waals surface area contributed by atoms with Crippen LogP contribution in [-0.2, 0) is 10.0 Å². The zero-order valence-electron chi connectivity index (χ0n) is 9.41. The standard InChI is InChI=1S/C11H16N2O3S/c12-17(15,16)11-3-1-2-10(6-11)13-5-4-9(7-13)8-14/h1-3,6,9,14H,4-5,7-8H2,(H2,12,15,16). The second kappa shape index (κ2) is 4.64. The summed E-state index contributed by atoms with van der Waals surface area (Å²) in [5, 5.41) is 14.2. The first kappa shape index (κ1) is 12.3. The second-order valence-electron chi connectivity index (χ2n) is 4.33. The summed E-state index contributed by atoms with van der Waals surface area (Å²) in [6.07, 6.45) is 0.927. The molecule has 0 aromatic heterocycles. The minimum Gasteiger partial charge on any atom is -0.396 e. The minimum atomic E-state index is -3.65. The molecule has 1 aliphatic heterocycles. The third-order valence-corrected chi connectivity index (χ3v) is 3.97. The zero-order valence-corrected chi connectivity index (χ0v) is 10.2. The lowest BCUT2D eigenvalue weighted by Gasteiger charge is -2.18. The number of sulfonamides is 1. The van der Waals surface area contributed by atoms with Crippen molar-refractivity contribution < 1.29 is 13.5 Å². The molecular weight excluding hydrogens is 240 g/mol. The Morgan fingerprint density at radius 2 is 2.24 bits per heavy atom. The number of nitrogens with two attached hydrogens (primary N) is 1. The van der Waals surface area contributed by atoms with Crippen LogP contribution in [0.5, 0.6) is 0 Å². The Kier molecular flexibility index (Phi) is 3.37. The van der Waals surface area contributed by atoms with Crippen LogP contribution in [0.4, 0.5) is 5.69 Å². The van der Waals surface area contributed by atoms with E-state index < -0.39 is 10.0 Å². The van der Waals surface area contributed by atoms with E-state index in [1.807, 2.05) is 6.07 Å². The number of benzene rings is 1. The van der Waals surface area contributed by atoms with Crippen LogP contribution in [0.3, 0.4) is 0 Å². The first-order valence-corrected chi connectivity index (χ1v) is 7.04. The number of hydrogen-bond donors (Lipinski definition) is 2. The fourth-order valence-corrected chi connectivity index (χ4v) is 2.63. The van der Waals surface area contributed by atoms with Crippen molar-refractivity contribution >= 4 is 15.7 Å². The molecular formula is C11H16N2O3S. The van der Waals surface area contributed by atoms with Crippen molar-refractivity contribution in [2.45, 2.75) is 11.3 Å². The van der Waals surface area contributed by atoms with E-state index in [0.29, 0.717) is 0 Å². The third kappa shape index (κ3) is 2.77. The van der Waals surface area contributed by atoms with Gasteiger partial charge in [-0.05, 0) is 24.6 Å². The Morgan fingerprint density at radius 3 is 2.82 bits per heavy atom. The molecule has 1 atom stereocenters. The quantitative estimate of drug-likeness (QED) is 0.806. The van der Waals surface area contributed by atoms with Crippen LogP contribution in [0.15, 0.2) is 29.2 Å². The SMILES string of the molecule is NS(=O)(=O)c1cccc(N2CCC(CO)C2)c1. The van der Waals surface area contributed by atoms with Gasteiger partial charge in [-0.15, -0.1) is 0 Å². The van der Waals surface area contributed by atoms with Gasteiger partial charge in [-0.3, -0.25) is 0 Å². The number of aliphatic hydroxyl groups is 1. The summed E-state index contributed by atoms with van der Waals surface area (Å²) in [5.74, 6) is 0.271. The minimum absolute atomic E-state index is 0.127. The fraction of sp³-hybridized carbons (Fsp3) is 0.455. The first-order chi connectivity index (χ1) is 8.00. The van der Waals surface area contributed by atoms with Crippen LogP contribution in [0, 0.1) is 5.92 Å². The number of primary sulfonamides is 1. The Labute approximate surface area is 101 Å². The van der Waals surface area contributed by atoms with Gasteiger partial charge < -0.3 is 10.0 Å². The molecule has 1 saturated heterocycles. The molecule has 0 amide bonds. The molecule has 0 saturated carbocycles. The van der Waals surface area contributed by atoms with Crippen LogP contribution in [0.2, 0.25) is 0 Å². The number of anilines is 1. The van der Waals surface area contributed by atoms with Crippen molar-refractivity contribution in [1.82, 2.24) is 0 Å². The highest BCUT2D eigenvalue weighted by Crippen LogP contribution is 2.25. The molecule has 0 bridgehead atoms. The smallest absolute Gasteiger partial charge is 0.238 e. The largest absolute Gasteiger partial charge is 0.396 e. The summed E-state index contributed by atoms with van der Waals surface area (Å²) in [5.41, 5.74) is 0.840. The maximum atomic E-state index is 11.2. The third-order valence-electron chi connectivity index (χ3n) is 3.06. The molecule has 1 aliphatic rings. The van der Waals surface area contributed by atoms with Crippen LogP contribution >= 0.6 is 0 Å². The maximum Gasteiger partial charge on any atom is 0.238 e. The fourth-order valence-electron chi connectivity index (χ4n) is 2.07. The van der Waals surface area contributed by atoms with E-state index in [1.54, 1.807) is 12.1 Å². The Bertz CT molecular complexity index is 501. The highest BCUT2D eigenvalue weighted by atomic mass is 32.2. The summed E-state index contributed by atoms with van der Waals surface area (Å²) in [7, 11) is -3.65. The van der Waals surface area contributed by atoms with Gasteiger partial charge in [0.25, 0.3) is 0 Å². The first-order valence-electron chi connectivity index (χ1n) is 5.49. The van der Waals surface area contributed by atoms with Gasteiger partial charge in [0.2, 0.25) is 10.0 Å². The van der Waals surface area contributed by atoms with E-state index in [4.69, 9.17) is 10.2 Å². The van der Waals surface area contributed by atoms with Crippen LogP contribution in [0.1, 0.15) is 6.42 Å². The summed E-state index contributed by atoms with van der Waals surface area (Å²) in [6, 6.07) is 6.60. The van der Waals surface area contributed by atoms with Gasteiger partial charge in [0.1, 0.15) is 0 Å². The van der Waals surface area contributed by atoms with Gasteiger partial charge in [-0.25, -0.2) is 13.6 Å². The predicted molar refractivity (Wildman–Crippen MR) is 65.2 cm³/mol. The highest BCUT2D eigenvalue weighted by molar-refractivity contribution is 7.89. The normalized spacial score (nSPS) is 20.8. The molecule has 1 unspecified atom stereocenters. The van der Waals surface area contributed by atoms with Gasteiger partial charge in [0.05, 0.1) is 4.90 Å². The van der Waals surface area contributed by atoms with Crippen molar-refractivity contribution in [3.63, 3.8) is 0 Å². The molecule has 1 aromatic carbocycles. The van der Waals surface area contributed by atoms with Crippen LogP contribution in [-0.4, -0.2) is 33.2 Å². The van der Waals surface area contributed by atoms with Crippen LogP contribution in [0.25, 0.3) is 0 Å². The summed E-state index contributed by atoms with van der Waals surface area (Å²) in [4.78, 5) is 2.19. The van der Waals surface area contributed by atoms with E-state index in [-0.39, 0.29) is 17.4 Å². The Hall–Kier alpha value is -1.11. The lowest BCUT2D eigenvalue weighted by Crippen LogP contribution is -2.21. The molecule has 0 radical (unpaired) electrons. The van der Waals surface area contributed by atoms with Crippen molar-refractivity contribution in [2.75, 3.05) is 24.6 Å². The van der Waals surface area contributed by atoms with Gasteiger partial charge >= 0.3 is 0 Å². The Morgan fingerprint density at radius 1 is 1.47 bits per heavy atom. The van der Waals surface area contributed by atoms with Gasteiger partial charge in [0.15, 0.2) is 0 Å². The van der Waals surface area contributed by atoms with E-state index in [9.17, 15) is 8.42 Å². The van der Waals surface area contributed by atoms with E-state index in [1.165, 1.54) is 6.07 Å². The van der Waals surface area contributed by atoms with Gasteiger partial charge in [-0.1, -0.05) is 6.07 Å². The van der Waals surface area contributed by atoms with E-state index in [2.05, 4.69) is 4.90 Å². The molecule has 3 N–H and O–H groups in total. The molecule has 0 spiro atoms. The van der Waals surface area contributed by atoms with Gasteiger partial charge in [0, 0.05) is 31.3 Å². The average molecular weight is 256 g/mol. The lowest BCUT2D eigenvalue weighted by atomic mass is 10.1. The molecule has 1 fully saturated rings. The van der Waals surface area contributed by atoms with Crippen molar-refractivity contribution in [2.24, 2.45) is 11.1 Å². The summed E-state index contributed by atoms with van der Waals surface area (Å²) < 4.78 is 22.5.